The number of nitrogens with zero attached hydrogens (tertiary/aromatic N) is 1. The molecule has 2 aromatic rings. The van der Waals surface area contributed by atoms with E-state index in [0.717, 1.165) is 5.56 Å². The zero-order chi connectivity index (χ0) is 13.7. The molecule has 0 saturated carbocycles. The predicted molar refractivity (Wildman–Crippen MR) is 68.6 cm³/mol. The molecule has 1 N–H and O–H groups in total. The maximum absolute atomic E-state index is 9.65. The zero-order valence-electron chi connectivity index (χ0n) is 11.0. The minimum Gasteiger partial charge on any atom is -0.487 e. The average Bonchev–Trinajstić information content (AvgIpc) is 2.85. The Labute approximate surface area is 111 Å². The fourth-order valence-electron chi connectivity index (χ4n) is 1.74. The summed E-state index contributed by atoms with van der Waals surface area (Å²) in [6.07, 6.45) is -0.572. The first-order valence-corrected chi connectivity index (χ1v) is 6.04. The third-order valence-corrected chi connectivity index (χ3v) is 2.64. The van der Waals surface area contributed by atoms with E-state index in [-0.39, 0.29) is 6.61 Å². The summed E-state index contributed by atoms with van der Waals surface area (Å²) in [6.45, 7) is 2.38. The average molecular weight is 263 g/mol. The molecule has 1 heterocycles. The predicted octanol–water partition coefficient (Wildman–Crippen LogP) is 2.45. The molecular weight excluding hydrogens is 246 g/mol. The van der Waals surface area contributed by atoms with Crippen LogP contribution in [0.4, 0.5) is 0 Å². The molecular formula is C14H17NO4. The van der Waals surface area contributed by atoms with Crippen molar-refractivity contribution < 1.29 is 19.1 Å². The fraction of sp³-hybridized carbons (Fsp3) is 0.357. The minimum atomic E-state index is -0.572. The van der Waals surface area contributed by atoms with Crippen LogP contribution in [0.15, 0.2) is 34.9 Å². The van der Waals surface area contributed by atoms with Crippen LogP contribution in [0.2, 0.25) is 0 Å². The molecule has 5 heteroatoms. The van der Waals surface area contributed by atoms with Gasteiger partial charge in [0.15, 0.2) is 5.76 Å². The molecule has 0 aliphatic rings. The van der Waals surface area contributed by atoms with Gasteiger partial charge in [0.1, 0.15) is 24.7 Å². The van der Waals surface area contributed by atoms with E-state index in [1.54, 1.807) is 20.1 Å². The SMILES string of the molecule is COCc1cc(COc2ccccc2[C@H](C)O)no1. The second kappa shape index (κ2) is 6.36. The molecule has 19 heavy (non-hydrogen) atoms. The topological polar surface area (TPSA) is 64.7 Å². The van der Waals surface area contributed by atoms with Crippen molar-refractivity contribution in [3.63, 3.8) is 0 Å². The van der Waals surface area contributed by atoms with E-state index < -0.39 is 6.10 Å². The normalized spacial score (nSPS) is 12.4. The summed E-state index contributed by atoms with van der Waals surface area (Å²) >= 11 is 0. The Bertz CT molecular complexity index is 522. The molecule has 5 nitrogen and oxygen atoms in total. The highest BCUT2D eigenvalue weighted by Crippen LogP contribution is 2.25. The van der Waals surface area contributed by atoms with E-state index in [2.05, 4.69) is 5.16 Å². The molecule has 0 amide bonds. The van der Waals surface area contributed by atoms with Crippen molar-refractivity contribution in [2.45, 2.75) is 26.2 Å². The van der Waals surface area contributed by atoms with Crippen LogP contribution in [-0.4, -0.2) is 17.4 Å². The van der Waals surface area contributed by atoms with Gasteiger partial charge in [-0.15, -0.1) is 0 Å². The molecule has 0 saturated heterocycles. The van der Waals surface area contributed by atoms with Crippen LogP contribution in [-0.2, 0) is 18.0 Å². The van der Waals surface area contributed by atoms with Crippen LogP contribution in [0.5, 0.6) is 5.75 Å². The maximum Gasteiger partial charge on any atom is 0.162 e. The van der Waals surface area contributed by atoms with Gasteiger partial charge in [0, 0.05) is 18.7 Å². The lowest BCUT2D eigenvalue weighted by atomic mass is 10.1. The quantitative estimate of drug-likeness (QED) is 0.867. The number of aliphatic hydroxyl groups is 1. The van der Waals surface area contributed by atoms with Crippen LogP contribution >= 0.6 is 0 Å². The van der Waals surface area contributed by atoms with E-state index in [1.165, 1.54) is 0 Å². The van der Waals surface area contributed by atoms with E-state index in [1.807, 2.05) is 24.3 Å². The lowest BCUT2D eigenvalue weighted by Crippen LogP contribution is -2.00. The van der Waals surface area contributed by atoms with Gasteiger partial charge in [0.2, 0.25) is 0 Å². The first-order valence-electron chi connectivity index (χ1n) is 6.04. The number of hydrogen-bond acceptors (Lipinski definition) is 5. The molecule has 0 spiro atoms. The van der Waals surface area contributed by atoms with Crippen LogP contribution in [0.1, 0.15) is 30.0 Å². The van der Waals surface area contributed by atoms with E-state index >= 15 is 0 Å². The van der Waals surface area contributed by atoms with E-state index in [0.29, 0.717) is 23.8 Å². The highest BCUT2D eigenvalue weighted by molar-refractivity contribution is 5.34. The molecule has 0 radical (unpaired) electrons. The summed E-state index contributed by atoms with van der Waals surface area (Å²) in [5.74, 6) is 1.30. The third kappa shape index (κ3) is 3.56. The van der Waals surface area contributed by atoms with E-state index in [9.17, 15) is 5.11 Å². The number of aliphatic hydroxyl groups excluding tert-OH is 1. The third-order valence-electron chi connectivity index (χ3n) is 2.64. The van der Waals surface area contributed by atoms with Crippen molar-refractivity contribution in [2.75, 3.05) is 7.11 Å². The van der Waals surface area contributed by atoms with Gasteiger partial charge >= 0.3 is 0 Å². The Morgan fingerprint density at radius 2 is 2.11 bits per heavy atom. The van der Waals surface area contributed by atoms with Gasteiger partial charge < -0.3 is 19.1 Å². The van der Waals surface area contributed by atoms with Gasteiger partial charge in [0.25, 0.3) is 0 Å². The van der Waals surface area contributed by atoms with Gasteiger partial charge in [-0.3, -0.25) is 0 Å². The summed E-state index contributed by atoms with van der Waals surface area (Å²) < 4.78 is 15.7. The number of methoxy groups -OCH3 is 1. The number of hydrogen-bond donors (Lipinski definition) is 1. The number of benzene rings is 1. The lowest BCUT2D eigenvalue weighted by Gasteiger charge is -2.11. The summed E-state index contributed by atoms with van der Waals surface area (Å²) in [6, 6.07) is 9.16. The molecule has 1 aromatic carbocycles. The highest BCUT2D eigenvalue weighted by atomic mass is 16.5. The Morgan fingerprint density at radius 3 is 2.84 bits per heavy atom. The standard InChI is InChI=1S/C14H17NO4/c1-10(16)13-5-3-4-6-14(13)18-8-11-7-12(9-17-2)19-15-11/h3-7,10,16H,8-9H2,1-2H3/t10-/m0/s1. The van der Waals surface area contributed by atoms with Crippen molar-refractivity contribution in [1.29, 1.82) is 0 Å². The second-order valence-electron chi connectivity index (χ2n) is 4.22. The van der Waals surface area contributed by atoms with Crippen molar-refractivity contribution in [1.82, 2.24) is 5.16 Å². The van der Waals surface area contributed by atoms with Gasteiger partial charge in [-0.25, -0.2) is 0 Å². The smallest absolute Gasteiger partial charge is 0.162 e. The zero-order valence-corrected chi connectivity index (χ0v) is 11.0. The molecule has 0 aliphatic carbocycles. The fourth-order valence-corrected chi connectivity index (χ4v) is 1.74. The molecule has 0 bridgehead atoms. The Kier molecular flexibility index (Phi) is 4.54. The van der Waals surface area contributed by atoms with E-state index in [4.69, 9.17) is 14.0 Å². The van der Waals surface area contributed by atoms with Gasteiger partial charge in [-0.2, -0.15) is 0 Å². The number of para-hydroxylation sites is 1. The summed E-state index contributed by atoms with van der Waals surface area (Å²) in [4.78, 5) is 0. The first-order chi connectivity index (χ1) is 9.20. The van der Waals surface area contributed by atoms with Gasteiger partial charge in [0.05, 0.1) is 6.10 Å². The highest BCUT2D eigenvalue weighted by Gasteiger charge is 2.10. The van der Waals surface area contributed by atoms with Crippen molar-refractivity contribution in [3.8, 4) is 5.75 Å². The van der Waals surface area contributed by atoms with Gasteiger partial charge in [-0.1, -0.05) is 23.4 Å². The molecule has 0 aliphatic heterocycles. The Hall–Kier alpha value is -1.85. The summed E-state index contributed by atoms with van der Waals surface area (Å²) in [5.41, 5.74) is 1.44. The monoisotopic (exact) mass is 263 g/mol. The largest absolute Gasteiger partial charge is 0.487 e. The van der Waals surface area contributed by atoms with Crippen molar-refractivity contribution >= 4 is 0 Å². The van der Waals surface area contributed by atoms with Crippen LogP contribution in [0, 0.1) is 0 Å². The summed E-state index contributed by atoms with van der Waals surface area (Å²) in [5, 5.41) is 13.5. The van der Waals surface area contributed by atoms with Crippen LogP contribution in [0.3, 0.4) is 0 Å². The number of rotatable bonds is 6. The Balaban J connectivity index is 2.01. The van der Waals surface area contributed by atoms with Gasteiger partial charge in [-0.05, 0) is 13.0 Å². The minimum absolute atomic E-state index is 0.289. The number of aromatic nitrogens is 1. The number of ether oxygens (including phenoxy) is 2. The van der Waals surface area contributed by atoms with Crippen molar-refractivity contribution in [3.05, 3.63) is 47.3 Å². The molecule has 1 aromatic heterocycles. The molecule has 2 rings (SSSR count). The van der Waals surface area contributed by atoms with Crippen LogP contribution in [0.25, 0.3) is 0 Å². The second-order valence-corrected chi connectivity index (χ2v) is 4.22. The van der Waals surface area contributed by atoms with Crippen molar-refractivity contribution in [2.24, 2.45) is 0 Å². The molecule has 1 atom stereocenters. The lowest BCUT2D eigenvalue weighted by molar-refractivity contribution is 0.155. The first kappa shape index (κ1) is 13.6. The maximum atomic E-state index is 9.65. The van der Waals surface area contributed by atoms with Crippen LogP contribution < -0.4 is 4.74 Å². The Morgan fingerprint density at radius 1 is 1.32 bits per heavy atom. The molecule has 0 unspecified atom stereocenters. The molecule has 102 valence electrons. The summed E-state index contributed by atoms with van der Waals surface area (Å²) in [7, 11) is 1.59. The molecule has 0 fully saturated rings.